The SMILES string of the molecule is Cc1ccc(C(C)Nc2cccc(N(C)C)c2)cc1. The summed E-state index contributed by atoms with van der Waals surface area (Å²) in [5.41, 5.74) is 4.96. The normalized spacial score (nSPS) is 12.0. The summed E-state index contributed by atoms with van der Waals surface area (Å²) in [7, 11) is 4.12. The highest BCUT2D eigenvalue weighted by Gasteiger charge is 2.05. The van der Waals surface area contributed by atoms with E-state index in [0.29, 0.717) is 6.04 Å². The Morgan fingerprint density at radius 1 is 1.00 bits per heavy atom. The van der Waals surface area contributed by atoms with E-state index in [2.05, 4.69) is 86.7 Å². The molecule has 1 unspecified atom stereocenters. The number of hydrogen-bond donors (Lipinski definition) is 1. The van der Waals surface area contributed by atoms with E-state index in [1.165, 1.54) is 16.8 Å². The Morgan fingerprint density at radius 3 is 2.32 bits per heavy atom. The smallest absolute Gasteiger partial charge is 0.0485 e. The van der Waals surface area contributed by atoms with Crippen molar-refractivity contribution in [3.8, 4) is 0 Å². The van der Waals surface area contributed by atoms with Gasteiger partial charge in [-0.05, 0) is 37.6 Å². The quantitative estimate of drug-likeness (QED) is 0.878. The molecule has 0 spiro atoms. The van der Waals surface area contributed by atoms with Crippen LogP contribution >= 0.6 is 0 Å². The number of nitrogens with zero attached hydrogens (tertiary/aromatic N) is 1. The molecular formula is C17H22N2. The number of aryl methyl sites for hydroxylation is 1. The number of rotatable bonds is 4. The van der Waals surface area contributed by atoms with Gasteiger partial charge in [-0.2, -0.15) is 0 Å². The molecular weight excluding hydrogens is 232 g/mol. The zero-order chi connectivity index (χ0) is 13.8. The minimum absolute atomic E-state index is 0.304. The van der Waals surface area contributed by atoms with Crippen molar-refractivity contribution in [2.45, 2.75) is 19.9 Å². The molecule has 0 saturated carbocycles. The van der Waals surface area contributed by atoms with Crippen LogP contribution in [0.2, 0.25) is 0 Å². The first-order valence-corrected chi connectivity index (χ1v) is 6.67. The molecule has 2 heteroatoms. The van der Waals surface area contributed by atoms with Gasteiger partial charge in [0.25, 0.3) is 0 Å². The van der Waals surface area contributed by atoms with Gasteiger partial charge in [-0.1, -0.05) is 35.9 Å². The molecule has 0 aliphatic rings. The fourth-order valence-electron chi connectivity index (χ4n) is 2.06. The van der Waals surface area contributed by atoms with E-state index in [4.69, 9.17) is 0 Å². The van der Waals surface area contributed by atoms with Gasteiger partial charge in [-0.25, -0.2) is 0 Å². The van der Waals surface area contributed by atoms with Crippen LogP contribution in [0.5, 0.6) is 0 Å². The topological polar surface area (TPSA) is 15.3 Å². The Bertz CT molecular complexity index is 529. The third kappa shape index (κ3) is 3.50. The molecule has 0 aromatic heterocycles. The van der Waals surface area contributed by atoms with Crippen LogP contribution in [-0.2, 0) is 0 Å². The van der Waals surface area contributed by atoms with Crippen LogP contribution in [0.3, 0.4) is 0 Å². The average molecular weight is 254 g/mol. The molecule has 0 amide bonds. The van der Waals surface area contributed by atoms with Crippen molar-refractivity contribution >= 4 is 11.4 Å². The van der Waals surface area contributed by atoms with E-state index in [0.717, 1.165) is 5.69 Å². The van der Waals surface area contributed by atoms with E-state index in [9.17, 15) is 0 Å². The van der Waals surface area contributed by atoms with Crippen molar-refractivity contribution in [2.24, 2.45) is 0 Å². The molecule has 0 heterocycles. The molecule has 19 heavy (non-hydrogen) atoms. The molecule has 2 aromatic rings. The molecule has 2 aromatic carbocycles. The van der Waals surface area contributed by atoms with Gasteiger partial charge in [0.05, 0.1) is 0 Å². The number of hydrogen-bond acceptors (Lipinski definition) is 2. The van der Waals surface area contributed by atoms with Crippen LogP contribution in [0.15, 0.2) is 48.5 Å². The summed E-state index contributed by atoms with van der Waals surface area (Å²) in [5.74, 6) is 0. The second kappa shape index (κ2) is 5.79. The number of anilines is 2. The van der Waals surface area contributed by atoms with E-state index in [1.54, 1.807) is 0 Å². The third-order valence-corrected chi connectivity index (χ3v) is 3.32. The molecule has 0 aliphatic carbocycles. The van der Waals surface area contributed by atoms with E-state index in [1.807, 2.05) is 0 Å². The first-order valence-electron chi connectivity index (χ1n) is 6.67. The predicted octanol–water partition coefficient (Wildman–Crippen LogP) is 4.23. The molecule has 0 bridgehead atoms. The molecule has 100 valence electrons. The largest absolute Gasteiger partial charge is 0.378 e. The second-order valence-corrected chi connectivity index (χ2v) is 5.22. The lowest BCUT2D eigenvalue weighted by atomic mass is 10.1. The molecule has 2 rings (SSSR count). The molecule has 2 nitrogen and oxygen atoms in total. The van der Waals surface area contributed by atoms with Crippen molar-refractivity contribution in [2.75, 3.05) is 24.3 Å². The predicted molar refractivity (Wildman–Crippen MR) is 84.0 cm³/mol. The van der Waals surface area contributed by atoms with Gasteiger partial charge in [-0.3, -0.25) is 0 Å². The van der Waals surface area contributed by atoms with Crippen LogP contribution in [-0.4, -0.2) is 14.1 Å². The monoisotopic (exact) mass is 254 g/mol. The highest BCUT2D eigenvalue weighted by atomic mass is 15.1. The summed E-state index contributed by atoms with van der Waals surface area (Å²) in [5, 5.41) is 3.55. The summed E-state index contributed by atoms with van der Waals surface area (Å²) in [6.07, 6.45) is 0. The van der Waals surface area contributed by atoms with Crippen molar-refractivity contribution in [3.05, 3.63) is 59.7 Å². The van der Waals surface area contributed by atoms with Gasteiger partial charge in [-0.15, -0.1) is 0 Å². The summed E-state index contributed by atoms with van der Waals surface area (Å²) < 4.78 is 0. The number of benzene rings is 2. The highest BCUT2D eigenvalue weighted by molar-refractivity contribution is 5.58. The molecule has 0 fully saturated rings. The minimum atomic E-state index is 0.304. The van der Waals surface area contributed by atoms with Gasteiger partial charge >= 0.3 is 0 Å². The van der Waals surface area contributed by atoms with E-state index in [-0.39, 0.29) is 0 Å². The van der Waals surface area contributed by atoms with Crippen molar-refractivity contribution in [1.29, 1.82) is 0 Å². The summed E-state index contributed by atoms with van der Waals surface area (Å²) in [4.78, 5) is 2.11. The Labute approximate surface area is 116 Å². The van der Waals surface area contributed by atoms with Crippen LogP contribution in [0, 0.1) is 6.92 Å². The Kier molecular flexibility index (Phi) is 4.10. The van der Waals surface area contributed by atoms with Crippen LogP contribution in [0.25, 0.3) is 0 Å². The average Bonchev–Trinajstić information content (AvgIpc) is 2.39. The van der Waals surface area contributed by atoms with Crippen molar-refractivity contribution < 1.29 is 0 Å². The Morgan fingerprint density at radius 2 is 1.68 bits per heavy atom. The lowest BCUT2D eigenvalue weighted by Gasteiger charge is -2.18. The van der Waals surface area contributed by atoms with Gasteiger partial charge in [0.15, 0.2) is 0 Å². The molecule has 0 radical (unpaired) electrons. The summed E-state index contributed by atoms with van der Waals surface area (Å²) in [6, 6.07) is 17.5. The highest BCUT2D eigenvalue weighted by Crippen LogP contribution is 2.22. The lowest BCUT2D eigenvalue weighted by Crippen LogP contribution is -2.10. The standard InChI is InChI=1S/C17H22N2/c1-13-8-10-15(11-9-13)14(2)18-16-6-5-7-17(12-16)19(3)4/h5-12,14,18H,1-4H3. The van der Waals surface area contributed by atoms with Crippen LogP contribution in [0.4, 0.5) is 11.4 Å². The van der Waals surface area contributed by atoms with Crippen LogP contribution in [0.1, 0.15) is 24.1 Å². The van der Waals surface area contributed by atoms with E-state index >= 15 is 0 Å². The second-order valence-electron chi connectivity index (χ2n) is 5.22. The maximum absolute atomic E-state index is 3.55. The minimum Gasteiger partial charge on any atom is -0.378 e. The molecule has 0 aliphatic heterocycles. The van der Waals surface area contributed by atoms with Crippen molar-refractivity contribution in [3.63, 3.8) is 0 Å². The Hall–Kier alpha value is -1.96. The zero-order valence-corrected chi connectivity index (χ0v) is 12.1. The molecule has 1 atom stereocenters. The van der Waals surface area contributed by atoms with E-state index < -0.39 is 0 Å². The van der Waals surface area contributed by atoms with Crippen LogP contribution < -0.4 is 10.2 Å². The maximum Gasteiger partial charge on any atom is 0.0485 e. The van der Waals surface area contributed by atoms with Gasteiger partial charge in [0.1, 0.15) is 0 Å². The lowest BCUT2D eigenvalue weighted by molar-refractivity contribution is 0.884. The first kappa shape index (κ1) is 13.5. The number of nitrogens with one attached hydrogen (secondary N) is 1. The van der Waals surface area contributed by atoms with Gasteiger partial charge in [0, 0.05) is 31.5 Å². The first-order chi connectivity index (χ1) is 9.06. The fraction of sp³-hybridized carbons (Fsp3) is 0.294. The molecule has 1 N–H and O–H groups in total. The Balaban J connectivity index is 2.12. The zero-order valence-electron chi connectivity index (χ0n) is 12.1. The van der Waals surface area contributed by atoms with Gasteiger partial charge in [0.2, 0.25) is 0 Å². The van der Waals surface area contributed by atoms with Crippen molar-refractivity contribution in [1.82, 2.24) is 0 Å². The summed E-state index contributed by atoms with van der Waals surface area (Å²) in [6.45, 7) is 4.30. The molecule has 0 saturated heterocycles. The fourth-order valence-corrected chi connectivity index (χ4v) is 2.06. The van der Waals surface area contributed by atoms with Gasteiger partial charge < -0.3 is 10.2 Å². The maximum atomic E-state index is 3.55. The summed E-state index contributed by atoms with van der Waals surface area (Å²) >= 11 is 0. The third-order valence-electron chi connectivity index (χ3n) is 3.32.